The summed E-state index contributed by atoms with van der Waals surface area (Å²) in [7, 11) is -4.09. The first-order valence-corrected chi connectivity index (χ1v) is 14.7. The highest BCUT2D eigenvalue weighted by molar-refractivity contribution is 7.92. The standard InChI is InChI=1S/C31H39N3O4S/c1-7-28(31(36)32-22(2)3)33(20-26-16-12-11-14-24(26)5)30(35)21-34(29-19-13-15-23(4)25(29)6)39(37,38)27-17-9-8-10-18-27/h8-19,22,28H,7,20-21H2,1-6H3,(H,32,36)/t28-/m0/s1. The molecule has 0 unspecified atom stereocenters. The largest absolute Gasteiger partial charge is 0.352 e. The van der Waals surface area contributed by atoms with Crippen LogP contribution in [0.25, 0.3) is 0 Å². The molecule has 1 N–H and O–H groups in total. The summed E-state index contributed by atoms with van der Waals surface area (Å²) < 4.78 is 29.1. The van der Waals surface area contributed by atoms with Crippen molar-refractivity contribution < 1.29 is 18.0 Å². The summed E-state index contributed by atoms with van der Waals surface area (Å²) in [6, 6.07) is 20.3. The SMILES string of the molecule is CC[C@@H](C(=O)NC(C)C)N(Cc1ccccc1C)C(=O)CN(c1cccc(C)c1C)S(=O)(=O)c1ccccc1. The van der Waals surface area contributed by atoms with E-state index >= 15 is 0 Å². The number of carbonyl (C=O) groups is 2. The fourth-order valence-electron chi connectivity index (χ4n) is 4.51. The molecule has 0 fully saturated rings. The van der Waals surface area contributed by atoms with Crippen LogP contribution in [0.3, 0.4) is 0 Å². The molecule has 0 aliphatic carbocycles. The van der Waals surface area contributed by atoms with Gasteiger partial charge >= 0.3 is 0 Å². The summed E-state index contributed by atoms with van der Waals surface area (Å²) in [5.74, 6) is -0.719. The topological polar surface area (TPSA) is 86.8 Å². The average Bonchev–Trinajstić information content (AvgIpc) is 2.90. The highest BCUT2D eigenvalue weighted by Crippen LogP contribution is 2.29. The maximum Gasteiger partial charge on any atom is 0.264 e. The smallest absolute Gasteiger partial charge is 0.264 e. The van der Waals surface area contributed by atoms with E-state index in [9.17, 15) is 18.0 Å². The molecule has 3 aromatic rings. The minimum atomic E-state index is -4.09. The Hall–Kier alpha value is -3.65. The van der Waals surface area contributed by atoms with Crippen LogP contribution in [0, 0.1) is 20.8 Å². The van der Waals surface area contributed by atoms with E-state index in [-0.39, 0.29) is 23.4 Å². The molecule has 0 aliphatic rings. The summed E-state index contributed by atoms with van der Waals surface area (Å²) in [5.41, 5.74) is 3.99. The fourth-order valence-corrected chi connectivity index (χ4v) is 6.00. The van der Waals surface area contributed by atoms with Gasteiger partial charge in [0.15, 0.2) is 0 Å². The lowest BCUT2D eigenvalue weighted by molar-refractivity contribution is -0.140. The number of hydrogen-bond donors (Lipinski definition) is 1. The van der Waals surface area contributed by atoms with Crippen LogP contribution in [0.4, 0.5) is 5.69 Å². The summed E-state index contributed by atoms with van der Waals surface area (Å²) in [6.45, 7) is 11.0. The average molecular weight is 550 g/mol. The lowest BCUT2D eigenvalue weighted by atomic mass is 10.1. The molecule has 0 aliphatic heterocycles. The zero-order valence-corrected chi connectivity index (χ0v) is 24.5. The zero-order chi connectivity index (χ0) is 28.7. The molecule has 0 radical (unpaired) electrons. The van der Waals surface area contributed by atoms with Crippen LogP contribution >= 0.6 is 0 Å². The number of hydrogen-bond acceptors (Lipinski definition) is 4. The number of sulfonamides is 1. The molecule has 208 valence electrons. The van der Waals surface area contributed by atoms with E-state index in [0.29, 0.717) is 12.1 Å². The molecule has 2 amide bonds. The normalized spacial score (nSPS) is 12.2. The van der Waals surface area contributed by atoms with Gasteiger partial charge in [-0.15, -0.1) is 0 Å². The molecule has 0 spiro atoms. The fraction of sp³-hybridized carbons (Fsp3) is 0.355. The van der Waals surface area contributed by atoms with Gasteiger partial charge in [0.2, 0.25) is 11.8 Å². The van der Waals surface area contributed by atoms with Gasteiger partial charge in [0, 0.05) is 12.6 Å². The number of amides is 2. The first-order chi connectivity index (χ1) is 18.5. The number of benzene rings is 3. The summed E-state index contributed by atoms with van der Waals surface area (Å²) in [6.07, 6.45) is 0.380. The Bertz CT molecular complexity index is 1400. The first-order valence-electron chi connectivity index (χ1n) is 13.3. The van der Waals surface area contributed by atoms with Crippen molar-refractivity contribution in [3.8, 4) is 0 Å². The van der Waals surface area contributed by atoms with Gasteiger partial charge in [-0.3, -0.25) is 13.9 Å². The van der Waals surface area contributed by atoms with E-state index in [1.165, 1.54) is 21.3 Å². The van der Waals surface area contributed by atoms with Gasteiger partial charge < -0.3 is 10.2 Å². The van der Waals surface area contributed by atoms with Gasteiger partial charge in [-0.05, 0) is 81.5 Å². The lowest BCUT2D eigenvalue weighted by Gasteiger charge is -2.34. The second kappa shape index (κ2) is 12.9. The minimum absolute atomic E-state index is 0.0914. The zero-order valence-electron chi connectivity index (χ0n) is 23.6. The highest BCUT2D eigenvalue weighted by atomic mass is 32.2. The van der Waals surface area contributed by atoms with Crippen molar-refractivity contribution in [2.75, 3.05) is 10.8 Å². The van der Waals surface area contributed by atoms with Crippen LogP contribution < -0.4 is 9.62 Å². The third kappa shape index (κ3) is 7.06. The Kier molecular flexibility index (Phi) is 9.92. The van der Waals surface area contributed by atoms with Crippen LogP contribution in [0.2, 0.25) is 0 Å². The maximum atomic E-state index is 14.1. The van der Waals surface area contributed by atoms with E-state index in [4.69, 9.17) is 0 Å². The van der Waals surface area contributed by atoms with Gasteiger partial charge in [0.25, 0.3) is 10.0 Å². The van der Waals surface area contributed by atoms with Gasteiger partial charge in [-0.25, -0.2) is 8.42 Å². The molecular weight excluding hydrogens is 510 g/mol. The number of aryl methyl sites for hydroxylation is 2. The molecule has 0 bridgehead atoms. The Labute approximate surface area is 232 Å². The van der Waals surface area contributed by atoms with E-state index in [2.05, 4.69) is 5.32 Å². The first kappa shape index (κ1) is 29.9. The molecule has 8 heteroatoms. The van der Waals surface area contributed by atoms with Crippen LogP contribution in [0.15, 0.2) is 77.7 Å². The van der Waals surface area contributed by atoms with E-state index in [1.807, 2.05) is 71.9 Å². The Morgan fingerprint density at radius 2 is 1.46 bits per heavy atom. The van der Waals surface area contributed by atoms with Crippen LogP contribution in [0.5, 0.6) is 0 Å². The van der Waals surface area contributed by atoms with Gasteiger partial charge in [-0.1, -0.05) is 61.5 Å². The van der Waals surface area contributed by atoms with Crippen molar-refractivity contribution in [2.45, 2.75) is 71.5 Å². The number of nitrogens with zero attached hydrogens (tertiary/aromatic N) is 2. The minimum Gasteiger partial charge on any atom is -0.352 e. The molecule has 3 rings (SSSR count). The quantitative estimate of drug-likeness (QED) is 0.359. The van der Waals surface area contributed by atoms with Crippen LogP contribution in [-0.4, -0.2) is 43.8 Å². The van der Waals surface area contributed by atoms with Crippen molar-refractivity contribution in [2.24, 2.45) is 0 Å². The monoisotopic (exact) mass is 549 g/mol. The van der Waals surface area contributed by atoms with E-state index in [1.54, 1.807) is 30.3 Å². The predicted molar refractivity (Wildman–Crippen MR) is 156 cm³/mol. The third-order valence-electron chi connectivity index (χ3n) is 6.87. The number of anilines is 1. The molecule has 0 saturated carbocycles. The van der Waals surface area contributed by atoms with Crippen LogP contribution in [0.1, 0.15) is 49.4 Å². The summed E-state index contributed by atoms with van der Waals surface area (Å²) in [5, 5.41) is 2.92. The summed E-state index contributed by atoms with van der Waals surface area (Å²) in [4.78, 5) is 29.0. The number of carbonyl (C=O) groups excluding carboxylic acids is 2. The van der Waals surface area contributed by atoms with Gasteiger partial charge in [0.05, 0.1) is 10.6 Å². The Balaban J connectivity index is 2.11. The van der Waals surface area contributed by atoms with Crippen molar-refractivity contribution >= 4 is 27.5 Å². The number of rotatable bonds is 11. The molecule has 0 aromatic heterocycles. The van der Waals surface area contributed by atoms with E-state index in [0.717, 1.165) is 22.3 Å². The summed E-state index contributed by atoms with van der Waals surface area (Å²) >= 11 is 0. The molecule has 0 heterocycles. The van der Waals surface area contributed by atoms with Gasteiger partial charge in [-0.2, -0.15) is 0 Å². The second-order valence-electron chi connectivity index (χ2n) is 10.1. The molecule has 1 atom stereocenters. The Morgan fingerprint density at radius 1 is 0.846 bits per heavy atom. The molecule has 3 aromatic carbocycles. The number of nitrogens with one attached hydrogen (secondary N) is 1. The van der Waals surface area contributed by atoms with Crippen molar-refractivity contribution in [3.63, 3.8) is 0 Å². The molecular formula is C31H39N3O4S. The predicted octanol–water partition coefficient (Wildman–Crippen LogP) is 5.14. The van der Waals surface area contributed by atoms with Crippen LogP contribution in [-0.2, 0) is 26.2 Å². The van der Waals surface area contributed by atoms with Crippen molar-refractivity contribution in [1.29, 1.82) is 0 Å². The Morgan fingerprint density at radius 3 is 2.08 bits per heavy atom. The maximum absolute atomic E-state index is 14.1. The molecule has 7 nitrogen and oxygen atoms in total. The highest BCUT2D eigenvalue weighted by Gasteiger charge is 2.34. The third-order valence-corrected chi connectivity index (χ3v) is 8.65. The van der Waals surface area contributed by atoms with Gasteiger partial charge in [0.1, 0.15) is 12.6 Å². The van der Waals surface area contributed by atoms with Crippen molar-refractivity contribution in [1.82, 2.24) is 10.2 Å². The second-order valence-corrected chi connectivity index (χ2v) is 11.9. The van der Waals surface area contributed by atoms with Crippen molar-refractivity contribution in [3.05, 3.63) is 95.1 Å². The molecule has 39 heavy (non-hydrogen) atoms. The van der Waals surface area contributed by atoms with E-state index < -0.39 is 28.5 Å². The lowest BCUT2D eigenvalue weighted by Crippen LogP contribution is -2.53. The molecule has 0 saturated heterocycles.